The summed E-state index contributed by atoms with van der Waals surface area (Å²) in [5.41, 5.74) is 0. The molecule has 2 heterocycles. The number of hydrogen-bond acceptors (Lipinski definition) is 3. The van der Waals surface area contributed by atoms with Crippen molar-refractivity contribution in [2.75, 3.05) is 7.05 Å². The fourth-order valence-electron chi connectivity index (χ4n) is 6.21. The lowest BCUT2D eigenvalue weighted by Gasteiger charge is -2.46. The second-order valence-electron chi connectivity index (χ2n) is 9.05. The van der Waals surface area contributed by atoms with Gasteiger partial charge in [0.15, 0.2) is 0 Å². The molecule has 2 saturated heterocycles. The van der Waals surface area contributed by atoms with Crippen LogP contribution in [-0.2, 0) is 9.53 Å². The van der Waals surface area contributed by atoms with Gasteiger partial charge in [0.05, 0.1) is 5.92 Å². The van der Waals surface area contributed by atoms with Gasteiger partial charge in [0, 0.05) is 18.0 Å². The second kappa shape index (κ2) is 7.06. The minimum Gasteiger partial charge on any atom is -0.462 e. The first-order valence-corrected chi connectivity index (χ1v) is 10.5. The van der Waals surface area contributed by atoms with E-state index in [2.05, 4.69) is 44.4 Å². The average molecular weight is 345 g/mol. The van der Waals surface area contributed by atoms with E-state index in [0.717, 1.165) is 18.3 Å². The molecule has 0 N–H and O–H groups in total. The quantitative estimate of drug-likeness (QED) is 0.554. The number of piperidine rings is 1. The molecule has 2 aliphatic heterocycles. The van der Waals surface area contributed by atoms with Crippen LogP contribution in [0, 0.1) is 36.0 Å². The van der Waals surface area contributed by atoms with E-state index in [-0.39, 0.29) is 18.0 Å². The zero-order chi connectivity index (χ0) is 17.6. The number of nitrogens with zero attached hydrogens (tertiary/aromatic N) is 1. The number of cyclic esters (lactones) is 1. The first kappa shape index (κ1) is 17.6. The zero-order valence-electron chi connectivity index (χ0n) is 16.1. The Bertz CT molecular complexity index is 530. The maximum absolute atomic E-state index is 12.4. The highest BCUT2D eigenvalue weighted by Crippen LogP contribution is 2.53. The molecule has 8 atom stereocenters. The number of likely N-dealkylation sites (tertiary alicyclic amines) is 1. The smallest absolute Gasteiger partial charge is 0.309 e. The third kappa shape index (κ3) is 3.18. The molecule has 25 heavy (non-hydrogen) atoms. The van der Waals surface area contributed by atoms with Gasteiger partial charge in [0.2, 0.25) is 0 Å². The summed E-state index contributed by atoms with van der Waals surface area (Å²) in [4.78, 5) is 14.9. The fourth-order valence-corrected chi connectivity index (χ4v) is 6.21. The van der Waals surface area contributed by atoms with Crippen molar-refractivity contribution in [1.29, 1.82) is 0 Å². The number of carbonyl (C=O) groups excluding carboxylic acids is 1. The van der Waals surface area contributed by atoms with E-state index in [1.54, 1.807) is 0 Å². The van der Waals surface area contributed by atoms with Crippen LogP contribution < -0.4 is 0 Å². The van der Waals surface area contributed by atoms with Crippen molar-refractivity contribution >= 4 is 5.97 Å². The molecule has 0 amide bonds. The summed E-state index contributed by atoms with van der Waals surface area (Å²) in [5, 5.41) is 0. The van der Waals surface area contributed by atoms with Gasteiger partial charge in [-0.3, -0.25) is 9.69 Å². The minimum atomic E-state index is 0.0786. The molecule has 2 aliphatic carbocycles. The SMILES string of the molecule is C[C@@H]1OC(=O)[C@H]2C[C@H]3CCCC[C@@H]3C(/C=C/C3[CH]CC[C@H](C)N3C)[C@@H]12. The molecule has 2 unspecified atom stereocenters. The standard InChI is InChI=1S/C22H34NO2/c1-14-7-6-9-17(23(14)3)11-12-19-18-10-5-4-8-16(18)13-20-21(19)15(2)25-22(20)24/h9,11-12,14-21H,4-8,10,13H2,1-3H3/b12-11+/t14-,15-,16+,17?,18-,19?,20-,21+/m0/s1. The number of allylic oxidation sites excluding steroid dienone is 1. The van der Waals surface area contributed by atoms with Crippen LogP contribution in [0.4, 0.5) is 0 Å². The molecule has 0 bridgehead atoms. The van der Waals surface area contributed by atoms with Gasteiger partial charge in [0.1, 0.15) is 6.10 Å². The van der Waals surface area contributed by atoms with Crippen molar-refractivity contribution in [2.24, 2.45) is 29.6 Å². The van der Waals surface area contributed by atoms with Gasteiger partial charge in [-0.05, 0) is 70.8 Å². The summed E-state index contributed by atoms with van der Waals surface area (Å²) >= 11 is 0. The Morgan fingerprint density at radius 2 is 1.96 bits per heavy atom. The van der Waals surface area contributed by atoms with E-state index in [4.69, 9.17) is 4.74 Å². The molecule has 4 aliphatic rings. The Kier molecular flexibility index (Phi) is 4.96. The summed E-state index contributed by atoms with van der Waals surface area (Å²) < 4.78 is 5.68. The molecule has 0 aromatic carbocycles. The highest BCUT2D eigenvalue weighted by molar-refractivity contribution is 5.75. The van der Waals surface area contributed by atoms with Crippen LogP contribution in [0.2, 0.25) is 0 Å². The molecule has 4 fully saturated rings. The van der Waals surface area contributed by atoms with Crippen molar-refractivity contribution in [1.82, 2.24) is 4.90 Å². The Morgan fingerprint density at radius 3 is 2.80 bits per heavy atom. The lowest BCUT2D eigenvalue weighted by atomic mass is 9.57. The van der Waals surface area contributed by atoms with Crippen LogP contribution in [0.1, 0.15) is 58.8 Å². The number of rotatable bonds is 2. The predicted octanol–water partition coefficient (Wildman–Crippen LogP) is 4.23. The topological polar surface area (TPSA) is 29.5 Å². The van der Waals surface area contributed by atoms with E-state index in [1.807, 2.05) is 0 Å². The van der Waals surface area contributed by atoms with Crippen LogP contribution in [0.15, 0.2) is 12.2 Å². The van der Waals surface area contributed by atoms with Crippen LogP contribution in [0.3, 0.4) is 0 Å². The molecule has 4 rings (SSSR count). The first-order valence-electron chi connectivity index (χ1n) is 10.5. The number of esters is 1. The van der Waals surface area contributed by atoms with Crippen molar-refractivity contribution in [3.63, 3.8) is 0 Å². The first-order chi connectivity index (χ1) is 12.1. The normalized spacial score (nSPS) is 48.2. The molecule has 3 heteroatoms. The minimum absolute atomic E-state index is 0.0786. The van der Waals surface area contributed by atoms with Gasteiger partial charge in [-0.25, -0.2) is 0 Å². The number of fused-ring (bicyclic) bond motifs is 2. The van der Waals surface area contributed by atoms with Crippen molar-refractivity contribution in [3.05, 3.63) is 18.6 Å². The molecule has 0 aromatic heterocycles. The van der Waals surface area contributed by atoms with Crippen molar-refractivity contribution < 1.29 is 9.53 Å². The number of carbonyl (C=O) groups is 1. The Hall–Kier alpha value is -0.830. The molecule has 0 aromatic rings. The Labute approximate surface area is 153 Å². The van der Waals surface area contributed by atoms with E-state index < -0.39 is 0 Å². The fraction of sp³-hybridized carbons (Fsp3) is 0.818. The molecule has 139 valence electrons. The lowest BCUT2D eigenvalue weighted by molar-refractivity contribution is -0.144. The molecule has 0 spiro atoms. The third-order valence-electron chi connectivity index (χ3n) is 7.76. The average Bonchev–Trinajstić information content (AvgIpc) is 2.89. The van der Waals surface area contributed by atoms with Crippen LogP contribution in [0.5, 0.6) is 0 Å². The van der Waals surface area contributed by atoms with Gasteiger partial charge in [0.25, 0.3) is 0 Å². The summed E-state index contributed by atoms with van der Waals surface area (Å²) in [7, 11) is 2.24. The van der Waals surface area contributed by atoms with Crippen LogP contribution in [-0.4, -0.2) is 36.1 Å². The van der Waals surface area contributed by atoms with Crippen molar-refractivity contribution in [3.8, 4) is 0 Å². The third-order valence-corrected chi connectivity index (χ3v) is 7.76. The van der Waals surface area contributed by atoms with E-state index in [0.29, 0.717) is 23.9 Å². The van der Waals surface area contributed by atoms with Gasteiger partial charge in [-0.1, -0.05) is 31.4 Å². The molecule has 3 nitrogen and oxygen atoms in total. The maximum Gasteiger partial charge on any atom is 0.309 e. The Balaban J connectivity index is 1.57. The highest BCUT2D eigenvalue weighted by Gasteiger charge is 2.53. The summed E-state index contributed by atoms with van der Waals surface area (Å²) in [6, 6.07) is 1.09. The van der Waals surface area contributed by atoms with Gasteiger partial charge >= 0.3 is 5.97 Å². The maximum atomic E-state index is 12.4. The molecule has 1 radical (unpaired) electrons. The van der Waals surface area contributed by atoms with E-state index in [9.17, 15) is 4.79 Å². The number of hydrogen-bond donors (Lipinski definition) is 0. The van der Waals surface area contributed by atoms with E-state index in [1.165, 1.54) is 38.5 Å². The number of ether oxygens (including phenoxy) is 1. The Morgan fingerprint density at radius 1 is 1.16 bits per heavy atom. The monoisotopic (exact) mass is 344 g/mol. The predicted molar refractivity (Wildman–Crippen MR) is 99.8 cm³/mol. The second-order valence-corrected chi connectivity index (χ2v) is 9.05. The van der Waals surface area contributed by atoms with Gasteiger partial charge in [-0.15, -0.1) is 0 Å². The summed E-state index contributed by atoms with van der Waals surface area (Å²) in [6.07, 6.45) is 16.4. The number of likely N-dealkylation sites (N-methyl/N-ethyl adjacent to an activating group) is 1. The van der Waals surface area contributed by atoms with Gasteiger partial charge < -0.3 is 4.74 Å². The molecular formula is C22H34NO2. The van der Waals surface area contributed by atoms with Gasteiger partial charge in [-0.2, -0.15) is 0 Å². The lowest BCUT2D eigenvalue weighted by Crippen LogP contribution is -2.44. The van der Waals surface area contributed by atoms with Crippen molar-refractivity contribution in [2.45, 2.75) is 77.0 Å². The molecule has 2 saturated carbocycles. The zero-order valence-corrected chi connectivity index (χ0v) is 16.1. The van der Waals surface area contributed by atoms with Crippen LogP contribution >= 0.6 is 0 Å². The summed E-state index contributed by atoms with van der Waals surface area (Å²) in [5.74, 6) is 2.63. The molecular weight excluding hydrogens is 310 g/mol. The highest BCUT2D eigenvalue weighted by atomic mass is 16.6. The van der Waals surface area contributed by atoms with Crippen LogP contribution in [0.25, 0.3) is 0 Å². The van der Waals surface area contributed by atoms with E-state index >= 15 is 0 Å². The largest absolute Gasteiger partial charge is 0.462 e. The summed E-state index contributed by atoms with van der Waals surface area (Å²) in [6.45, 7) is 4.45.